The Balaban J connectivity index is 2.15. The average Bonchev–Trinajstić information content (AvgIpc) is 2.47. The molecule has 0 spiro atoms. The molecule has 1 N–H and O–H groups in total. The highest BCUT2D eigenvalue weighted by Gasteiger charge is 2.08. The van der Waals surface area contributed by atoms with Crippen LogP contribution in [0.15, 0.2) is 47.6 Å². The summed E-state index contributed by atoms with van der Waals surface area (Å²) < 4.78 is 26.0. The number of amides is 1. The van der Waals surface area contributed by atoms with Crippen LogP contribution >= 0.6 is 0 Å². The first kappa shape index (κ1) is 14.8. The van der Waals surface area contributed by atoms with Crippen LogP contribution in [0.25, 0.3) is 0 Å². The molecule has 0 saturated carbocycles. The van der Waals surface area contributed by atoms with Crippen LogP contribution in [-0.4, -0.2) is 11.6 Å². The second-order valence-electron chi connectivity index (χ2n) is 4.58. The van der Waals surface area contributed by atoms with Gasteiger partial charge in [0.25, 0.3) is 5.91 Å². The van der Waals surface area contributed by atoms with Crippen molar-refractivity contribution in [3.63, 3.8) is 0 Å². The van der Waals surface area contributed by atoms with Crippen LogP contribution in [0.2, 0.25) is 0 Å². The third-order valence-corrected chi connectivity index (χ3v) is 3.05. The minimum Gasteiger partial charge on any atom is -0.267 e. The number of hydrogen-bond donors (Lipinski definition) is 1. The third-order valence-electron chi connectivity index (χ3n) is 3.05. The van der Waals surface area contributed by atoms with Gasteiger partial charge in [0.1, 0.15) is 0 Å². The number of carbonyl (C=O) groups excluding carboxylic acids is 1. The Labute approximate surface area is 121 Å². The summed E-state index contributed by atoms with van der Waals surface area (Å²) in [4.78, 5) is 12.0. The lowest BCUT2D eigenvalue weighted by Crippen LogP contribution is -2.20. The summed E-state index contributed by atoms with van der Waals surface area (Å²) in [5, 5.41) is 3.91. The van der Waals surface area contributed by atoms with Crippen LogP contribution in [0.4, 0.5) is 8.78 Å². The Morgan fingerprint density at radius 2 is 1.81 bits per heavy atom. The molecule has 1 amide bonds. The van der Waals surface area contributed by atoms with Crippen molar-refractivity contribution >= 4 is 11.6 Å². The highest BCUT2D eigenvalue weighted by atomic mass is 19.2. The van der Waals surface area contributed by atoms with Gasteiger partial charge in [0.2, 0.25) is 0 Å². The lowest BCUT2D eigenvalue weighted by atomic mass is 10.1. The van der Waals surface area contributed by atoms with Crippen molar-refractivity contribution in [3.05, 3.63) is 70.8 Å². The van der Waals surface area contributed by atoms with Gasteiger partial charge in [-0.1, -0.05) is 18.2 Å². The van der Waals surface area contributed by atoms with Crippen LogP contribution in [-0.2, 0) is 0 Å². The molecule has 0 radical (unpaired) electrons. The molecule has 2 aromatic carbocycles. The van der Waals surface area contributed by atoms with Gasteiger partial charge < -0.3 is 0 Å². The second-order valence-corrected chi connectivity index (χ2v) is 4.58. The van der Waals surface area contributed by atoms with E-state index in [0.29, 0.717) is 16.8 Å². The number of benzene rings is 2. The molecule has 2 aromatic rings. The molecular formula is C16H14F2N2O. The Hall–Kier alpha value is -2.56. The van der Waals surface area contributed by atoms with Crippen molar-refractivity contribution in [2.75, 3.05) is 0 Å². The number of nitrogens with one attached hydrogen (secondary N) is 1. The summed E-state index contributed by atoms with van der Waals surface area (Å²) in [6.45, 7) is 3.42. The number of rotatable bonds is 3. The van der Waals surface area contributed by atoms with Gasteiger partial charge in [-0.05, 0) is 43.7 Å². The number of nitrogens with zero attached hydrogens (tertiary/aromatic N) is 1. The van der Waals surface area contributed by atoms with E-state index in [1.54, 1.807) is 19.1 Å². The Morgan fingerprint density at radius 1 is 1.10 bits per heavy atom. The summed E-state index contributed by atoms with van der Waals surface area (Å²) >= 11 is 0. The molecule has 0 fully saturated rings. The van der Waals surface area contributed by atoms with E-state index in [2.05, 4.69) is 10.5 Å². The molecule has 108 valence electrons. The smallest absolute Gasteiger partial charge is 0.267 e. The van der Waals surface area contributed by atoms with Crippen molar-refractivity contribution in [2.24, 2.45) is 5.10 Å². The zero-order chi connectivity index (χ0) is 15.4. The van der Waals surface area contributed by atoms with Gasteiger partial charge in [0, 0.05) is 11.1 Å². The quantitative estimate of drug-likeness (QED) is 0.682. The predicted molar refractivity (Wildman–Crippen MR) is 77.2 cm³/mol. The minimum absolute atomic E-state index is 0.352. The lowest BCUT2D eigenvalue weighted by Gasteiger charge is -2.05. The van der Waals surface area contributed by atoms with Crippen molar-refractivity contribution in [2.45, 2.75) is 13.8 Å². The maximum Gasteiger partial charge on any atom is 0.271 e. The third kappa shape index (κ3) is 3.51. The molecule has 0 bridgehead atoms. The molecular weight excluding hydrogens is 274 g/mol. The standard InChI is InChI=1S/C16H14F2N2O/c1-10-5-3-4-6-13(10)16(21)20-19-11(2)12-7-8-14(17)15(18)9-12/h3-9H,1-2H3,(H,20,21)/b19-11-. The van der Waals surface area contributed by atoms with E-state index in [0.717, 1.165) is 17.7 Å². The SMILES string of the molecule is C/C(=N/NC(=O)c1ccccc1C)c1ccc(F)c(F)c1. The molecule has 0 saturated heterocycles. The number of halogens is 2. The molecule has 0 aliphatic rings. The Morgan fingerprint density at radius 3 is 2.48 bits per heavy atom. The van der Waals surface area contributed by atoms with Gasteiger partial charge in [0.05, 0.1) is 5.71 Å². The van der Waals surface area contributed by atoms with Crippen molar-refractivity contribution < 1.29 is 13.6 Å². The van der Waals surface area contributed by atoms with E-state index in [1.165, 1.54) is 6.07 Å². The van der Waals surface area contributed by atoms with Crippen LogP contribution < -0.4 is 5.43 Å². The monoisotopic (exact) mass is 288 g/mol. The van der Waals surface area contributed by atoms with Gasteiger partial charge in [-0.3, -0.25) is 4.79 Å². The maximum atomic E-state index is 13.1. The molecule has 0 unspecified atom stereocenters. The zero-order valence-electron chi connectivity index (χ0n) is 11.7. The van der Waals surface area contributed by atoms with Crippen molar-refractivity contribution in [1.82, 2.24) is 5.43 Å². The summed E-state index contributed by atoms with van der Waals surface area (Å²) in [5.74, 6) is -2.22. The topological polar surface area (TPSA) is 41.5 Å². The van der Waals surface area contributed by atoms with E-state index in [9.17, 15) is 13.6 Å². The van der Waals surface area contributed by atoms with Crippen molar-refractivity contribution in [3.8, 4) is 0 Å². The number of carbonyl (C=O) groups is 1. The van der Waals surface area contributed by atoms with Crippen LogP contribution in [0.5, 0.6) is 0 Å². The first-order valence-corrected chi connectivity index (χ1v) is 6.34. The fraction of sp³-hybridized carbons (Fsp3) is 0.125. The molecule has 5 heteroatoms. The lowest BCUT2D eigenvalue weighted by molar-refractivity contribution is 0.0954. The van der Waals surface area contributed by atoms with Gasteiger partial charge in [-0.15, -0.1) is 0 Å². The number of hydrogen-bond acceptors (Lipinski definition) is 2. The zero-order valence-corrected chi connectivity index (χ0v) is 11.7. The summed E-state index contributed by atoms with van der Waals surface area (Å²) in [7, 11) is 0. The highest BCUT2D eigenvalue weighted by Crippen LogP contribution is 2.10. The molecule has 21 heavy (non-hydrogen) atoms. The fourth-order valence-corrected chi connectivity index (χ4v) is 1.81. The van der Waals surface area contributed by atoms with E-state index < -0.39 is 11.6 Å². The summed E-state index contributed by atoms with van der Waals surface area (Å²) in [6.07, 6.45) is 0. The van der Waals surface area contributed by atoms with Crippen molar-refractivity contribution in [1.29, 1.82) is 0 Å². The van der Waals surface area contributed by atoms with Gasteiger partial charge in [-0.2, -0.15) is 5.10 Å². The van der Waals surface area contributed by atoms with Gasteiger partial charge in [-0.25, -0.2) is 14.2 Å². The molecule has 2 rings (SSSR count). The molecule has 0 aliphatic carbocycles. The summed E-state index contributed by atoms with van der Waals surface area (Å²) in [5.41, 5.74) is 4.53. The number of hydrazone groups is 1. The fourth-order valence-electron chi connectivity index (χ4n) is 1.81. The van der Waals surface area contributed by atoms with E-state index in [4.69, 9.17) is 0 Å². The normalized spacial score (nSPS) is 11.3. The Kier molecular flexibility index (Phi) is 4.42. The predicted octanol–water partition coefficient (Wildman–Crippen LogP) is 3.43. The van der Waals surface area contributed by atoms with Gasteiger partial charge >= 0.3 is 0 Å². The highest BCUT2D eigenvalue weighted by molar-refractivity contribution is 6.01. The molecule has 0 aromatic heterocycles. The Bertz CT molecular complexity index is 711. The average molecular weight is 288 g/mol. The van der Waals surface area contributed by atoms with Crippen LogP contribution in [0.3, 0.4) is 0 Å². The van der Waals surface area contributed by atoms with Crippen LogP contribution in [0.1, 0.15) is 28.4 Å². The molecule has 3 nitrogen and oxygen atoms in total. The molecule has 0 heterocycles. The minimum atomic E-state index is -0.952. The van der Waals surface area contributed by atoms with E-state index >= 15 is 0 Å². The molecule has 0 atom stereocenters. The summed E-state index contributed by atoms with van der Waals surface area (Å²) in [6, 6.07) is 10.6. The van der Waals surface area contributed by atoms with E-state index in [-0.39, 0.29) is 5.91 Å². The first-order chi connectivity index (χ1) is 9.99. The largest absolute Gasteiger partial charge is 0.271 e. The van der Waals surface area contributed by atoms with Crippen LogP contribution in [0, 0.1) is 18.6 Å². The maximum absolute atomic E-state index is 13.1. The van der Waals surface area contributed by atoms with E-state index in [1.807, 2.05) is 19.1 Å². The molecule has 0 aliphatic heterocycles. The van der Waals surface area contributed by atoms with Gasteiger partial charge in [0.15, 0.2) is 11.6 Å². The second kappa shape index (κ2) is 6.26. The number of aryl methyl sites for hydroxylation is 1. The first-order valence-electron chi connectivity index (χ1n) is 6.34.